The lowest BCUT2D eigenvalue weighted by Crippen LogP contribution is -2.34. The summed E-state index contributed by atoms with van der Waals surface area (Å²) in [4.78, 5) is 36.8. The van der Waals surface area contributed by atoms with Crippen LogP contribution in [-0.4, -0.2) is 35.7 Å². The van der Waals surface area contributed by atoms with Crippen LogP contribution >= 0.6 is 0 Å². The fraction of sp³-hybridized carbons (Fsp3) is 0.167. The van der Waals surface area contributed by atoms with Gasteiger partial charge in [0.05, 0.1) is 11.1 Å². The van der Waals surface area contributed by atoms with Gasteiger partial charge >= 0.3 is 0 Å². The van der Waals surface area contributed by atoms with Gasteiger partial charge in [-0.25, -0.2) is 0 Å². The lowest BCUT2D eigenvalue weighted by Gasteiger charge is -2.15. The van der Waals surface area contributed by atoms with Crippen molar-refractivity contribution >= 4 is 29.1 Å². The number of fused-ring (bicyclic) bond motifs is 1. The predicted octanol–water partition coefficient (Wildman–Crippen LogP) is 2.35. The van der Waals surface area contributed by atoms with E-state index >= 15 is 0 Å². The minimum atomic E-state index is -0.260. The highest BCUT2D eigenvalue weighted by atomic mass is 16.2. The van der Waals surface area contributed by atoms with Gasteiger partial charge in [0, 0.05) is 31.4 Å². The van der Waals surface area contributed by atoms with Crippen LogP contribution in [-0.2, 0) is 4.79 Å². The molecule has 2 aromatic rings. The molecular weight excluding hydrogens is 306 g/mol. The van der Waals surface area contributed by atoms with Gasteiger partial charge in [-0.15, -0.1) is 0 Å². The van der Waals surface area contributed by atoms with Crippen LogP contribution in [0.5, 0.6) is 0 Å². The molecule has 0 saturated heterocycles. The maximum absolute atomic E-state index is 12.3. The number of amides is 3. The Morgan fingerprint density at radius 2 is 1.58 bits per heavy atom. The van der Waals surface area contributed by atoms with Crippen LogP contribution in [0.3, 0.4) is 0 Å². The van der Waals surface area contributed by atoms with Crippen molar-refractivity contribution in [2.24, 2.45) is 0 Å². The van der Waals surface area contributed by atoms with E-state index in [2.05, 4.69) is 10.6 Å². The van der Waals surface area contributed by atoms with E-state index in [0.717, 1.165) is 5.69 Å². The lowest BCUT2D eigenvalue weighted by molar-refractivity contribution is -0.114. The van der Waals surface area contributed by atoms with Crippen molar-refractivity contribution in [2.45, 2.75) is 6.92 Å². The summed E-state index contributed by atoms with van der Waals surface area (Å²) in [7, 11) is 0. The molecule has 1 heterocycles. The summed E-state index contributed by atoms with van der Waals surface area (Å²) in [5, 5.41) is 5.86. The zero-order chi connectivity index (χ0) is 17.1. The minimum absolute atomic E-state index is 0.141. The molecule has 3 amide bonds. The summed E-state index contributed by atoms with van der Waals surface area (Å²) in [6, 6.07) is 14.1. The van der Waals surface area contributed by atoms with Gasteiger partial charge in [0.1, 0.15) is 0 Å². The van der Waals surface area contributed by atoms with E-state index in [1.54, 1.807) is 36.4 Å². The lowest BCUT2D eigenvalue weighted by atomic mass is 10.1. The highest BCUT2D eigenvalue weighted by molar-refractivity contribution is 6.21. The highest BCUT2D eigenvalue weighted by Crippen LogP contribution is 2.22. The Morgan fingerprint density at radius 1 is 0.958 bits per heavy atom. The molecule has 0 aromatic heterocycles. The maximum atomic E-state index is 12.3. The fourth-order valence-corrected chi connectivity index (χ4v) is 2.66. The fourth-order valence-electron chi connectivity index (χ4n) is 2.66. The molecule has 6 heteroatoms. The van der Waals surface area contributed by atoms with Crippen LogP contribution in [0.1, 0.15) is 27.6 Å². The SMILES string of the molecule is CC(=O)Nc1cccc(NCCN2C(=O)c3ccccc3C2=O)c1. The van der Waals surface area contributed by atoms with Crippen LogP contribution in [0.25, 0.3) is 0 Å². The monoisotopic (exact) mass is 323 g/mol. The molecule has 0 atom stereocenters. The first kappa shape index (κ1) is 15.7. The van der Waals surface area contributed by atoms with Crippen molar-refractivity contribution in [3.8, 4) is 0 Å². The number of hydrogen-bond donors (Lipinski definition) is 2. The molecule has 0 spiro atoms. The molecule has 0 unspecified atom stereocenters. The number of nitrogens with zero attached hydrogens (tertiary/aromatic N) is 1. The second kappa shape index (κ2) is 6.54. The van der Waals surface area contributed by atoms with Gasteiger partial charge in [0.2, 0.25) is 5.91 Å². The van der Waals surface area contributed by atoms with Crippen molar-refractivity contribution < 1.29 is 14.4 Å². The first-order chi connectivity index (χ1) is 11.6. The number of hydrogen-bond acceptors (Lipinski definition) is 4. The number of imide groups is 1. The maximum Gasteiger partial charge on any atom is 0.261 e. The van der Waals surface area contributed by atoms with E-state index < -0.39 is 0 Å². The van der Waals surface area contributed by atoms with Gasteiger partial charge < -0.3 is 10.6 Å². The number of anilines is 2. The first-order valence-corrected chi connectivity index (χ1v) is 7.63. The smallest absolute Gasteiger partial charge is 0.261 e. The number of carbonyl (C=O) groups is 3. The largest absolute Gasteiger partial charge is 0.383 e. The standard InChI is InChI=1S/C18H17N3O3/c1-12(22)20-14-6-4-5-13(11-14)19-9-10-21-17(23)15-7-2-3-8-16(15)18(21)24/h2-8,11,19H,9-10H2,1H3,(H,20,22). The van der Waals surface area contributed by atoms with Gasteiger partial charge in [-0.1, -0.05) is 18.2 Å². The molecule has 6 nitrogen and oxygen atoms in total. The molecule has 2 aromatic carbocycles. The van der Waals surface area contributed by atoms with Crippen molar-refractivity contribution in [3.63, 3.8) is 0 Å². The van der Waals surface area contributed by atoms with Crippen molar-refractivity contribution in [3.05, 3.63) is 59.7 Å². The van der Waals surface area contributed by atoms with E-state index in [0.29, 0.717) is 23.4 Å². The molecule has 3 rings (SSSR count). The Hall–Kier alpha value is -3.15. The molecule has 0 saturated carbocycles. The van der Waals surface area contributed by atoms with Crippen molar-refractivity contribution in [1.29, 1.82) is 0 Å². The first-order valence-electron chi connectivity index (χ1n) is 7.63. The molecular formula is C18H17N3O3. The molecule has 24 heavy (non-hydrogen) atoms. The van der Waals surface area contributed by atoms with Crippen molar-refractivity contribution in [2.75, 3.05) is 23.7 Å². The second-order valence-electron chi connectivity index (χ2n) is 5.50. The molecule has 0 bridgehead atoms. The average Bonchev–Trinajstić information content (AvgIpc) is 2.80. The summed E-state index contributed by atoms with van der Waals surface area (Å²) in [5.41, 5.74) is 2.40. The summed E-state index contributed by atoms with van der Waals surface area (Å²) in [6.07, 6.45) is 0. The third kappa shape index (κ3) is 3.12. The highest BCUT2D eigenvalue weighted by Gasteiger charge is 2.34. The summed E-state index contributed by atoms with van der Waals surface area (Å²) in [5.74, 6) is -0.660. The number of benzene rings is 2. The summed E-state index contributed by atoms with van der Waals surface area (Å²) in [6.45, 7) is 2.15. The third-order valence-corrected chi connectivity index (χ3v) is 3.73. The molecule has 2 N–H and O–H groups in total. The zero-order valence-corrected chi connectivity index (χ0v) is 13.2. The number of rotatable bonds is 5. The van der Waals surface area contributed by atoms with Gasteiger partial charge in [-0.05, 0) is 30.3 Å². The van der Waals surface area contributed by atoms with E-state index in [1.807, 2.05) is 12.1 Å². The van der Waals surface area contributed by atoms with E-state index in [4.69, 9.17) is 0 Å². The quantitative estimate of drug-likeness (QED) is 0.828. The van der Waals surface area contributed by atoms with E-state index in [1.165, 1.54) is 11.8 Å². The molecule has 0 radical (unpaired) electrons. The van der Waals surface area contributed by atoms with Crippen molar-refractivity contribution in [1.82, 2.24) is 4.90 Å². The molecule has 0 fully saturated rings. The van der Waals surface area contributed by atoms with Gasteiger partial charge in [0.15, 0.2) is 0 Å². The zero-order valence-electron chi connectivity index (χ0n) is 13.2. The van der Waals surface area contributed by atoms with Gasteiger partial charge in [-0.3, -0.25) is 19.3 Å². The third-order valence-electron chi connectivity index (χ3n) is 3.73. The Morgan fingerprint density at radius 3 is 2.21 bits per heavy atom. The van der Waals surface area contributed by atoms with Crippen LogP contribution in [0, 0.1) is 0 Å². The number of nitrogens with one attached hydrogen (secondary N) is 2. The van der Waals surface area contributed by atoms with Crippen LogP contribution in [0.4, 0.5) is 11.4 Å². The predicted molar refractivity (Wildman–Crippen MR) is 91.0 cm³/mol. The second-order valence-corrected chi connectivity index (χ2v) is 5.50. The Labute approximate surface area is 139 Å². The van der Waals surface area contributed by atoms with Gasteiger partial charge in [0.25, 0.3) is 11.8 Å². The summed E-state index contributed by atoms with van der Waals surface area (Å²) < 4.78 is 0. The Balaban J connectivity index is 1.61. The van der Waals surface area contributed by atoms with Crippen LogP contribution in [0.2, 0.25) is 0 Å². The molecule has 0 aliphatic carbocycles. The summed E-state index contributed by atoms with van der Waals surface area (Å²) >= 11 is 0. The van der Waals surface area contributed by atoms with Gasteiger partial charge in [-0.2, -0.15) is 0 Å². The normalized spacial score (nSPS) is 13.0. The topological polar surface area (TPSA) is 78.5 Å². The molecule has 1 aliphatic rings. The van der Waals surface area contributed by atoms with Crippen LogP contribution < -0.4 is 10.6 Å². The average molecular weight is 323 g/mol. The Kier molecular flexibility index (Phi) is 4.29. The molecule has 1 aliphatic heterocycles. The Bertz CT molecular complexity index is 782. The van der Waals surface area contributed by atoms with E-state index in [9.17, 15) is 14.4 Å². The molecule has 122 valence electrons. The number of carbonyl (C=O) groups excluding carboxylic acids is 3. The van der Waals surface area contributed by atoms with Crippen LogP contribution in [0.15, 0.2) is 48.5 Å². The van der Waals surface area contributed by atoms with E-state index in [-0.39, 0.29) is 24.3 Å². The minimum Gasteiger partial charge on any atom is -0.383 e.